The molecule has 1 fully saturated rings. The van der Waals surface area contributed by atoms with Gasteiger partial charge in [0.15, 0.2) is 0 Å². The van der Waals surface area contributed by atoms with Gasteiger partial charge in [-0.1, -0.05) is 6.92 Å². The summed E-state index contributed by atoms with van der Waals surface area (Å²) >= 11 is 0. The molecule has 0 saturated carbocycles. The Bertz CT molecular complexity index is 228. The van der Waals surface area contributed by atoms with Gasteiger partial charge in [0.25, 0.3) is 0 Å². The van der Waals surface area contributed by atoms with E-state index in [9.17, 15) is 5.11 Å². The summed E-state index contributed by atoms with van der Waals surface area (Å²) in [5, 5.41) is 13.8. The average molecular weight is 195 g/mol. The number of hydrogen-bond acceptors (Lipinski definition) is 2. The van der Waals surface area contributed by atoms with Crippen molar-refractivity contribution in [2.24, 2.45) is 5.92 Å². The van der Waals surface area contributed by atoms with Gasteiger partial charge in [0.05, 0.1) is 5.60 Å². The second kappa shape index (κ2) is 5.38. The fraction of sp³-hybridized carbons (Fsp3) is 0.833. The highest BCUT2D eigenvalue weighted by Gasteiger charge is 2.36. The molecule has 0 bridgehead atoms. The molecule has 2 atom stereocenters. The van der Waals surface area contributed by atoms with E-state index in [4.69, 9.17) is 0 Å². The van der Waals surface area contributed by atoms with Gasteiger partial charge in [-0.2, -0.15) is 0 Å². The fourth-order valence-corrected chi connectivity index (χ4v) is 2.23. The largest absolute Gasteiger partial charge is 0.389 e. The van der Waals surface area contributed by atoms with Crippen molar-refractivity contribution in [2.75, 3.05) is 13.1 Å². The zero-order valence-electron chi connectivity index (χ0n) is 9.27. The third-order valence-electron chi connectivity index (χ3n) is 3.24. The summed E-state index contributed by atoms with van der Waals surface area (Å²) in [5.74, 6) is 6.31. The summed E-state index contributed by atoms with van der Waals surface area (Å²) in [6, 6.07) is 0. The number of piperidine rings is 1. The molecule has 0 aromatic carbocycles. The predicted molar refractivity (Wildman–Crippen MR) is 58.9 cm³/mol. The van der Waals surface area contributed by atoms with E-state index >= 15 is 0 Å². The second-order valence-electron chi connectivity index (χ2n) is 4.09. The molecule has 0 spiro atoms. The van der Waals surface area contributed by atoms with Crippen LogP contribution in [0.5, 0.6) is 0 Å². The normalized spacial score (nSPS) is 32.1. The van der Waals surface area contributed by atoms with Crippen molar-refractivity contribution in [3.05, 3.63) is 0 Å². The minimum Gasteiger partial charge on any atom is -0.389 e. The van der Waals surface area contributed by atoms with Gasteiger partial charge in [-0.3, -0.25) is 0 Å². The van der Waals surface area contributed by atoms with Crippen molar-refractivity contribution in [3.63, 3.8) is 0 Å². The van der Waals surface area contributed by atoms with Gasteiger partial charge in [0, 0.05) is 13.0 Å². The first kappa shape index (κ1) is 11.6. The summed E-state index contributed by atoms with van der Waals surface area (Å²) < 4.78 is 0. The van der Waals surface area contributed by atoms with Crippen LogP contribution in [0.2, 0.25) is 0 Å². The van der Waals surface area contributed by atoms with E-state index in [0.29, 0.717) is 5.92 Å². The first-order valence-corrected chi connectivity index (χ1v) is 5.55. The Morgan fingerprint density at radius 2 is 2.36 bits per heavy atom. The summed E-state index contributed by atoms with van der Waals surface area (Å²) in [7, 11) is 0. The summed E-state index contributed by atoms with van der Waals surface area (Å²) in [4.78, 5) is 0. The van der Waals surface area contributed by atoms with Crippen LogP contribution in [0.1, 0.15) is 39.5 Å². The standard InChI is InChI=1S/C12H21NO/c1-3-5-6-7-12(14)8-9-13-10-11(12)4-2/h11,13-14H,4,6-10H2,1-2H3. The third kappa shape index (κ3) is 2.73. The molecule has 2 N–H and O–H groups in total. The molecular weight excluding hydrogens is 174 g/mol. The van der Waals surface area contributed by atoms with E-state index in [2.05, 4.69) is 24.1 Å². The molecule has 14 heavy (non-hydrogen) atoms. The van der Waals surface area contributed by atoms with E-state index in [-0.39, 0.29) is 0 Å². The third-order valence-corrected chi connectivity index (χ3v) is 3.24. The van der Waals surface area contributed by atoms with Gasteiger partial charge in [-0.15, -0.1) is 11.8 Å². The van der Waals surface area contributed by atoms with Crippen molar-refractivity contribution >= 4 is 0 Å². The van der Waals surface area contributed by atoms with Gasteiger partial charge in [-0.05, 0) is 38.6 Å². The van der Waals surface area contributed by atoms with Crippen molar-refractivity contribution in [1.82, 2.24) is 5.32 Å². The number of nitrogens with one attached hydrogen (secondary N) is 1. The van der Waals surface area contributed by atoms with Crippen molar-refractivity contribution < 1.29 is 5.11 Å². The summed E-state index contributed by atoms with van der Waals surface area (Å²) in [6.45, 7) is 5.89. The van der Waals surface area contributed by atoms with E-state index in [1.807, 2.05) is 6.92 Å². The lowest BCUT2D eigenvalue weighted by atomic mass is 9.77. The Kier molecular flexibility index (Phi) is 4.44. The SMILES string of the molecule is CC#CCCC1(O)CCNCC1CC. The highest BCUT2D eigenvalue weighted by Crippen LogP contribution is 2.31. The molecule has 0 amide bonds. The monoisotopic (exact) mass is 195 g/mol. The molecule has 2 nitrogen and oxygen atoms in total. The maximum Gasteiger partial charge on any atom is 0.0709 e. The average Bonchev–Trinajstić information content (AvgIpc) is 2.19. The van der Waals surface area contributed by atoms with Crippen LogP contribution >= 0.6 is 0 Å². The summed E-state index contributed by atoms with van der Waals surface area (Å²) in [5.41, 5.74) is -0.468. The summed E-state index contributed by atoms with van der Waals surface area (Å²) in [6.07, 6.45) is 3.57. The smallest absolute Gasteiger partial charge is 0.0709 e. The van der Waals surface area contributed by atoms with E-state index in [0.717, 1.165) is 38.8 Å². The highest BCUT2D eigenvalue weighted by molar-refractivity contribution is 4.99. The Hall–Kier alpha value is -0.520. The van der Waals surface area contributed by atoms with Crippen LogP contribution in [0.25, 0.3) is 0 Å². The number of rotatable bonds is 3. The fourth-order valence-electron chi connectivity index (χ4n) is 2.23. The van der Waals surface area contributed by atoms with Crippen LogP contribution in [0, 0.1) is 17.8 Å². The zero-order chi connectivity index (χ0) is 10.4. The van der Waals surface area contributed by atoms with Gasteiger partial charge in [0.1, 0.15) is 0 Å². The second-order valence-corrected chi connectivity index (χ2v) is 4.09. The molecule has 0 aromatic rings. The molecule has 2 heteroatoms. The van der Waals surface area contributed by atoms with Gasteiger partial charge in [0.2, 0.25) is 0 Å². The van der Waals surface area contributed by atoms with E-state index < -0.39 is 5.60 Å². The lowest BCUT2D eigenvalue weighted by Crippen LogP contribution is -2.49. The zero-order valence-corrected chi connectivity index (χ0v) is 9.27. The minimum absolute atomic E-state index is 0.398. The molecule has 0 aliphatic carbocycles. The first-order valence-electron chi connectivity index (χ1n) is 5.55. The topological polar surface area (TPSA) is 32.3 Å². The van der Waals surface area contributed by atoms with Crippen LogP contribution in [0.3, 0.4) is 0 Å². The molecule has 0 radical (unpaired) electrons. The van der Waals surface area contributed by atoms with Crippen molar-refractivity contribution in [2.45, 2.75) is 45.1 Å². The predicted octanol–water partition coefficient (Wildman–Crippen LogP) is 1.54. The molecule has 1 rings (SSSR count). The minimum atomic E-state index is -0.468. The Morgan fingerprint density at radius 1 is 1.57 bits per heavy atom. The molecule has 1 saturated heterocycles. The van der Waals surface area contributed by atoms with Crippen LogP contribution < -0.4 is 5.32 Å². The molecular formula is C12H21NO. The Morgan fingerprint density at radius 3 is 3.00 bits per heavy atom. The Balaban J connectivity index is 2.52. The van der Waals surface area contributed by atoms with Crippen LogP contribution in [0.4, 0.5) is 0 Å². The van der Waals surface area contributed by atoms with Crippen LogP contribution in [-0.4, -0.2) is 23.8 Å². The molecule has 0 aromatic heterocycles. The van der Waals surface area contributed by atoms with Crippen molar-refractivity contribution in [1.29, 1.82) is 0 Å². The van der Waals surface area contributed by atoms with Crippen LogP contribution in [0.15, 0.2) is 0 Å². The van der Waals surface area contributed by atoms with Gasteiger partial charge < -0.3 is 10.4 Å². The first-order chi connectivity index (χ1) is 6.73. The lowest BCUT2D eigenvalue weighted by Gasteiger charge is -2.40. The van der Waals surface area contributed by atoms with E-state index in [1.54, 1.807) is 0 Å². The molecule has 1 aliphatic rings. The Labute approximate surface area is 87.1 Å². The molecule has 2 unspecified atom stereocenters. The molecule has 80 valence electrons. The quantitative estimate of drug-likeness (QED) is 0.670. The van der Waals surface area contributed by atoms with Crippen molar-refractivity contribution in [3.8, 4) is 11.8 Å². The maximum absolute atomic E-state index is 10.4. The molecule has 1 heterocycles. The molecule has 1 aliphatic heterocycles. The number of hydrogen-bond donors (Lipinski definition) is 2. The van der Waals surface area contributed by atoms with Gasteiger partial charge in [-0.25, -0.2) is 0 Å². The highest BCUT2D eigenvalue weighted by atomic mass is 16.3. The lowest BCUT2D eigenvalue weighted by molar-refractivity contribution is -0.0474. The van der Waals surface area contributed by atoms with Gasteiger partial charge >= 0.3 is 0 Å². The number of aliphatic hydroxyl groups is 1. The maximum atomic E-state index is 10.4. The van der Waals surface area contributed by atoms with E-state index in [1.165, 1.54) is 0 Å². The van der Waals surface area contributed by atoms with Crippen LogP contribution in [-0.2, 0) is 0 Å².